The summed E-state index contributed by atoms with van der Waals surface area (Å²) < 4.78 is 21.8. The molecule has 0 spiro atoms. The average Bonchev–Trinajstić information content (AvgIpc) is 3.00. The number of carbonyl (C=O) groups excluding carboxylic acids is 2. The van der Waals surface area contributed by atoms with Crippen molar-refractivity contribution >= 4 is 29.0 Å². The molecule has 7 nitrogen and oxygen atoms in total. The molecule has 0 radical (unpaired) electrons. The lowest BCUT2D eigenvalue weighted by Gasteiger charge is -2.14. The summed E-state index contributed by atoms with van der Waals surface area (Å²) in [5.41, 5.74) is 1.68. The molecule has 30 heavy (non-hydrogen) atoms. The highest BCUT2D eigenvalue weighted by atomic mass is 32.2. The number of amides is 2. The van der Waals surface area contributed by atoms with Crippen LogP contribution in [0.25, 0.3) is 6.08 Å². The highest BCUT2D eigenvalue weighted by Gasteiger charge is 2.35. The van der Waals surface area contributed by atoms with Gasteiger partial charge in [-0.2, -0.15) is 0 Å². The number of benzene rings is 2. The Morgan fingerprint density at radius 2 is 1.77 bits per heavy atom. The van der Waals surface area contributed by atoms with E-state index >= 15 is 0 Å². The summed E-state index contributed by atoms with van der Waals surface area (Å²) >= 11 is 0.883. The van der Waals surface area contributed by atoms with Gasteiger partial charge < -0.3 is 18.9 Å². The highest BCUT2D eigenvalue weighted by Crippen LogP contribution is 2.42. The molecule has 2 amide bonds. The first kappa shape index (κ1) is 21.6. The molecule has 0 bridgehead atoms. The van der Waals surface area contributed by atoms with E-state index in [1.165, 1.54) is 26.2 Å². The molecule has 1 aliphatic heterocycles. The van der Waals surface area contributed by atoms with Gasteiger partial charge in [0.25, 0.3) is 11.1 Å². The number of carbonyl (C=O) groups is 2. The second-order valence-electron chi connectivity index (χ2n) is 6.42. The number of hydrogen-bond donors (Lipinski definition) is 0. The van der Waals surface area contributed by atoms with E-state index in [1.807, 2.05) is 31.2 Å². The van der Waals surface area contributed by atoms with Crippen LogP contribution in [0, 0.1) is 6.92 Å². The SMILES string of the molecule is COc1ccc(/C=C2\SC(=O)N(CCOc3cccc(C)c3)C2=O)c(OC)c1OC. The first-order valence-electron chi connectivity index (χ1n) is 9.22. The van der Waals surface area contributed by atoms with Crippen molar-refractivity contribution in [3.05, 3.63) is 52.4 Å². The lowest BCUT2D eigenvalue weighted by Crippen LogP contribution is -2.32. The number of methoxy groups -OCH3 is 3. The summed E-state index contributed by atoms with van der Waals surface area (Å²) in [6.45, 7) is 2.35. The zero-order valence-electron chi connectivity index (χ0n) is 17.3. The Kier molecular flexibility index (Phi) is 6.89. The van der Waals surface area contributed by atoms with Crippen molar-refractivity contribution in [3.63, 3.8) is 0 Å². The molecular weight excluding hydrogens is 406 g/mol. The summed E-state index contributed by atoms with van der Waals surface area (Å²) in [6, 6.07) is 11.1. The number of imide groups is 1. The Morgan fingerprint density at radius 3 is 2.43 bits per heavy atom. The monoisotopic (exact) mass is 429 g/mol. The molecule has 0 atom stereocenters. The van der Waals surface area contributed by atoms with Gasteiger partial charge in [0.2, 0.25) is 5.75 Å². The quantitative estimate of drug-likeness (QED) is 0.584. The third-order valence-corrected chi connectivity index (χ3v) is 5.38. The summed E-state index contributed by atoms with van der Waals surface area (Å²) in [5, 5.41) is -0.335. The molecule has 0 aromatic heterocycles. The maximum absolute atomic E-state index is 12.8. The van der Waals surface area contributed by atoms with Crippen LogP contribution < -0.4 is 18.9 Å². The number of aryl methyl sites for hydroxylation is 1. The lowest BCUT2D eigenvalue weighted by molar-refractivity contribution is -0.123. The second kappa shape index (κ2) is 9.58. The van der Waals surface area contributed by atoms with Crippen LogP contribution in [-0.4, -0.2) is 50.5 Å². The molecule has 0 saturated carbocycles. The molecule has 0 aliphatic carbocycles. The summed E-state index contributed by atoms with van der Waals surface area (Å²) in [4.78, 5) is 26.6. The van der Waals surface area contributed by atoms with Crippen LogP contribution in [-0.2, 0) is 4.79 Å². The van der Waals surface area contributed by atoms with Gasteiger partial charge in [0.05, 0.1) is 32.8 Å². The van der Waals surface area contributed by atoms with Gasteiger partial charge in [0.15, 0.2) is 11.5 Å². The average molecular weight is 429 g/mol. The van der Waals surface area contributed by atoms with Crippen molar-refractivity contribution in [1.29, 1.82) is 0 Å². The number of hydrogen-bond acceptors (Lipinski definition) is 7. The van der Waals surface area contributed by atoms with E-state index in [4.69, 9.17) is 18.9 Å². The van der Waals surface area contributed by atoms with E-state index in [1.54, 1.807) is 18.2 Å². The fraction of sp³-hybridized carbons (Fsp3) is 0.273. The summed E-state index contributed by atoms with van der Waals surface area (Å²) in [6.07, 6.45) is 1.62. The molecular formula is C22H23NO6S. The molecule has 0 N–H and O–H groups in total. The number of thioether (sulfide) groups is 1. The van der Waals surface area contributed by atoms with Crippen LogP contribution in [0.15, 0.2) is 41.3 Å². The van der Waals surface area contributed by atoms with Crippen molar-refractivity contribution in [3.8, 4) is 23.0 Å². The Morgan fingerprint density at radius 1 is 1.00 bits per heavy atom. The van der Waals surface area contributed by atoms with Gasteiger partial charge in [-0.25, -0.2) is 0 Å². The van der Waals surface area contributed by atoms with E-state index < -0.39 is 0 Å². The number of ether oxygens (including phenoxy) is 4. The predicted molar refractivity (Wildman–Crippen MR) is 115 cm³/mol. The highest BCUT2D eigenvalue weighted by molar-refractivity contribution is 8.18. The Labute approximate surface area is 179 Å². The minimum Gasteiger partial charge on any atom is -0.493 e. The van der Waals surface area contributed by atoms with Gasteiger partial charge in [-0.05, 0) is 54.6 Å². The minimum absolute atomic E-state index is 0.166. The molecule has 0 unspecified atom stereocenters. The van der Waals surface area contributed by atoms with E-state index in [9.17, 15) is 9.59 Å². The number of rotatable bonds is 8. The molecule has 2 aromatic carbocycles. The van der Waals surface area contributed by atoms with E-state index in [-0.39, 0.29) is 24.3 Å². The standard InChI is InChI=1S/C22H23NO6S/c1-14-6-5-7-16(12-14)29-11-10-23-21(24)18(30-22(23)25)13-15-8-9-17(26-2)20(28-4)19(15)27-3/h5-9,12-13H,10-11H2,1-4H3/b18-13-. The van der Waals surface area contributed by atoms with Gasteiger partial charge in [-0.15, -0.1) is 0 Å². The largest absolute Gasteiger partial charge is 0.493 e. The zero-order valence-corrected chi connectivity index (χ0v) is 18.1. The Hall–Kier alpha value is -3.13. The van der Waals surface area contributed by atoms with E-state index in [0.29, 0.717) is 33.5 Å². The molecule has 8 heteroatoms. The smallest absolute Gasteiger partial charge is 0.293 e. The van der Waals surface area contributed by atoms with Crippen LogP contribution in [0.1, 0.15) is 11.1 Å². The molecule has 158 valence electrons. The number of nitrogens with zero attached hydrogens (tertiary/aromatic N) is 1. The second-order valence-corrected chi connectivity index (χ2v) is 7.42. The first-order chi connectivity index (χ1) is 14.5. The van der Waals surface area contributed by atoms with Crippen LogP contribution in [0.5, 0.6) is 23.0 Å². The summed E-state index contributed by atoms with van der Waals surface area (Å²) in [5.74, 6) is 1.68. The van der Waals surface area contributed by atoms with Gasteiger partial charge >= 0.3 is 0 Å². The Bertz CT molecular complexity index is 988. The van der Waals surface area contributed by atoms with E-state index in [2.05, 4.69) is 0 Å². The van der Waals surface area contributed by atoms with Crippen molar-refractivity contribution in [1.82, 2.24) is 4.90 Å². The van der Waals surface area contributed by atoms with Crippen molar-refractivity contribution in [2.24, 2.45) is 0 Å². The molecule has 1 heterocycles. The fourth-order valence-electron chi connectivity index (χ4n) is 3.03. The normalized spacial score (nSPS) is 14.9. The van der Waals surface area contributed by atoms with E-state index in [0.717, 1.165) is 17.3 Å². The van der Waals surface area contributed by atoms with Gasteiger partial charge in [0.1, 0.15) is 12.4 Å². The molecule has 3 rings (SSSR count). The topological polar surface area (TPSA) is 74.3 Å². The fourth-order valence-corrected chi connectivity index (χ4v) is 3.89. The van der Waals surface area contributed by atoms with Crippen LogP contribution in [0.4, 0.5) is 4.79 Å². The molecule has 1 saturated heterocycles. The molecule has 1 aliphatic rings. The van der Waals surface area contributed by atoms with Gasteiger partial charge in [-0.1, -0.05) is 12.1 Å². The predicted octanol–water partition coefficient (Wildman–Crippen LogP) is 4.14. The van der Waals surface area contributed by atoms with Crippen LogP contribution in [0.2, 0.25) is 0 Å². The van der Waals surface area contributed by atoms with Crippen LogP contribution in [0.3, 0.4) is 0 Å². The molecule has 1 fully saturated rings. The summed E-state index contributed by atoms with van der Waals surface area (Å²) in [7, 11) is 4.54. The third-order valence-electron chi connectivity index (χ3n) is 4.47. The van der Waals surface area contributed by atoms with Gasteiger partial charge in [0, 0.05) is 5.56 Å². The van der Waals surface area contributed by atoms with Crippen molar-refractivity contribution in [2.75, 3.05) is 34.5 Å². The molecule has 2 aromatic rings. The van der Waals surface area contributed by atoms with Crippen molar-refractivity contribution < 1.29 is 28.5 Å². The maximum Gasteiger partial charge on any atom is 0.293 e. The lowest BCUT2D eigenvalue weighted by atomic mass is 10.1. The van der Waals surface area contributed by atoms with Crippen LogP contribution >= 0.6 is 11.8 Å². The minimum atomic E-state index is -0.366. The first-order valence-corrected chi connectivity index (χ1v) is 10.0. The third kappa shape index (κ3) is 4.54. The Balaban J connectivity index is 1.75. The van der Waals surface area contributed by atoms with Gasteiger partial charge in [-0.3, -0.25) is 14.5 Å². The van der Waals surface area contributed by atoms with Crippen molar-refractivity contribution in [2.45, 2.75) is 6.92 Å². The maximum atomic E-state index is 12.8. The zero-order chi connectivity index (χ0) is 21.7.